The number of hydrogen-bond acceptors (Lipinski definition) is 4. The number of carbonyl (C=O) groups is 1. The number of Topliss-reactive ketones (excluding diaryl/α,β-unsaturated/α-hetero) is 1. The van der Waals surface area contributed by atoms with E-state index in [1.807, 2.05) is 27.7 Å². The molecule has 19 heavy (non-hydrogen) atoms. The molecule has 1 atom stereocenters. The standard InChI is InChI=1S/C14H24N2O3/c1-6-9-16-12(11(18-5)10-15-16)13(17)14(4,7-2)19-8-3/h10H,6-9H2,1-5H3. The zero-order chi connectivity index (χ0) is 14.5. The molecule has 108 valence electrons. The highest BCUT2D eigenvalue weighted by atomic mass is 16.5. The first-order valence-electron chi connectivity index (χ1n) is 6.82. The molecular formula is C14H24N2O3. The Bertz CT molecular complexity index is 428. The van der Waals surface area contributed by atoms with Gasteiger partial charge in [0.2, 0.25) is 5.78 Å². The van der Waals surface area contributed by atoms with E-state index in [0.717, 1.165) is 6.42 Å². The lowest BCUT2D eigenvalue weighted by molar-refractivity contribution is -0.0125. The Labute approximate surface area is 114 Å². The van der Waals surface area contributed by atoms with Crippen LogP contribution in [0.25, 0.3) is 0 Å². The lowest BCUT2D eigenvalue weighted by Gasteiger charge is -2.27. The molecule has 0 spiro atoms. The van der Waals surface area contributed by atoms with E-state index in [-0.39, 0.29) is 5.78 Å². The topological polar surface area (TPSA) is 53.4 Å². The Morgan fingerprint density at radius 2 is 2.11 bits per heavy atom. The number of ketones is 1. The van der Waals surface area contributed by atoms with Gasteiger partial charge in [0.25, 0.3) is 0 Å². The third-order valence-corrected chi connectivity index (χ3v) is 3.29. The Hall–Kier alpha value is -1.36. The molecule has 1 heterocycles. The third-order valence-electron chi connectivity index (χ3n) is 3.29. The average Bonchev–Trinajstić information content (AvgIpc) is 2.81. The quantitative estimate of drug-likeness (QED) is 0.680. The number of methoxy groups -OCH3 is 1. The summed E-state index contributed by atoms with van der Waals surface area (Å²) in [5, 5.41) is 4.22. The number of aryl methyl sites for hydroxylation is 1. The number of rotatable bonds is 8. The van der Waals surface area contributed by atoms with Gasteiger partial charge in [-0.25, -0.2) is 0 Å². The minimum absolute atomic E-state index is 0.0698. The van der Waals surface area contributed by atoms with Crippen molar-refractivity contribution < 1.29 is 14.3 Å². The van der Waals surface area contributed by atoms with Crippen LogP contribution in [0.15, 0.2) is 6.20 Å². The summed E-state index contributed by atoms with van der Waals surface area (Å²) in [7, 11) is 1.55. The van der Waals surface area contributed by atoms with Gasteiger partial charge in [-0.15, -0.1) is 0 Å². The summed E-state index contributed by atoms with van der Waals surface area (Å²) in [4.78, 5) is 12.8. The van der Waals surface area contributed by atoms with Crippen LogP contribution < -0.4 is 4.74 Å². The van der Waals surface area contributed by atoms with Crippen LogP contribution in [0, 0.1) is 0 Å². The van der Waals surface area contributed by atoms with Crippen molar-refractivity contribution >= 4 is 5.78 Å². The van der Waals surface area contributed by atoms with Crippen LogP contribution in [0.3, 0.4) is 0 Å². The van der Waals surface area contributed by atoms with E-state index in [2.05, 4.69) is 5.10 Å². The minimum Gasteiger partial charge on any atom is -0.493 e. The summed E-state index contributed by atoms with van der Waals surface area (Å²) in [5.41, 5.74) is -0.324. The first-order chi connectivity index (χ1) is 9.03. The molecule has 0 saturated carbocycles. The summed E-state index contributed by atoms with van der Waals surface area (Å²) >= 11 is 0. The molecule has 0 aliphatic heterocycles. The van der Waals surface area contributed by atoms with Crippen LogP contribution in [-0.2, 0) is 11.3 Å². The molecule has 0 amide bonds. The predicted octanol–water partition coefficient (Wildman–Crippen LogP) is 2.69. The Morgan fingerprint density at radius 3 is 2.58 bits per heavy atom. The highest BCUT2D eigenvalue weighted by Crippen LogP contribution is 2.27. The van der Waals surface area contributed by atoms with Crippen LogP contribution in [0.1, 0.15) is 51.0 Å². The summed E-state index contributed by atoms with van der Waals surface area (Å²) in [5.74, 6) is 0.442. The van der Waals surface area contributed by atoms with E-state index in [1.165, 1.54) is 0 Å². The first kappa shape index (κ1) is 15.7. The van der Waals surface area contributed by atoms with Crippen LogP contribution >= 0.6 is 0 Å². The van der Waals surface area contributed by atoms with Gasteiger partial charge in [-0.3, -0.25) is 9.48 Å². The van der Waals surface area contributed by atoms with Gasteiger partial charge in [0.05, 0.1) is 13.3 Å². The molecule has 5 nitrogen and oxygen atoms in total. The maximum absolute atomic E-state index is 12.8. The van der Waals surface area contributed by atoms with Crippen LogP contribution in [0.2, 0.25) is 0 Å². The zero-order valence-corrected chi connectivity index (χ0v) is 12.5. The number of nitrogens with zero attached hydrogens (tertiary/aromatic N) is 2. The first-order valence-corrected chi connectivity index (χ1v) is 6.82. The van der Waals surface area contributed by atoms with E-state index in [1.54, 1.807) is 18.0 Å². The van der Waals surface area contributed by atoms with Crippen molar-refractivity contribution in [1.82, 2.24) is 9.78 Å². The van der Waals surface area contributed by atoms with Crippen molar-refractivity contribution in [2.24, 2.45) is 0 Å². The second-order valence-corrected chi connectivity index (χ2v) is 4.63. The molecule has 0 radical (unpaired) electrons. The molecule has 0 fully saturated rings. The van der Waals surface area contributed by atoms with Gasteiger partial charge in [-0.05, 0) is 26.7 Å². The third kappa shape index (κ3) is 3.15. The molecule has 1 rings (SSSR count). The maximum Gasteiger partial charge on any atom is 0.216 e. The number of ether oxygens (including phenoxy) is 2. The van der Waals surface area contributed by atoms with Crippen LogP contribution in [-0.4, -0.2) is 34.9 Å². The van der Waals surface area contributed by atoms with Crippen LogP contribution in [0.4, 0.5) is 0 Å². The zero-order valence-electron chi connectivity index (χ0n) is 12.5. The van der Waals surface area contributed by atoms with Gasteiger partial charge in [-0.2, -0.15) is 5.10 Å². The van der Waals surface area contributed by atoms with Gasteiger partial charge >= 0.3 is 0 Å². The highest BCUT2D eigenvalue weighted by molar-refractivity contribution is 6.03. The van der Waals surface area contributed by atoms with Gasteiger partial charge in [-0.1, -0.05) is 13.8 Å². The van der Waals surface area contributed by atoms with Crippen molar-refractivity contribution in [2.75, 3.05) is 13.7 Å². The van der Waals surface area contributed by atoms with Gasteiger partial charge in [0.15, 0.2) is 5.75 Å². The second kappa shape index (κ2) is 6.70. The number of carbonyl (C=O) groups excluding carboxylic acids is 1. The monoisotopic (exact) mass is 268 g/mol. The van der Waals surface area contributed by atoms with E-state index in [9.17, 15) is 4.79 Å². The Balaban J connectivity index is 3.19. The highest BCUT2D eigenvalue weighted by Gasteiger charge is 2.37. The van der Waals surface area contributed by atoms with Gasteiger partial charge in [0.1, 0.15) is 11.3 Å². The van der Waals surface area contributed by atoms with E-state index in [4.69, 9.17) is 9.47 Å². The predicted molar refractivity (Wildman–Crippen MR) is 73.7 cm³/mol. The lowest BCUT2D eigenvalue weighted by Crippen LogP contribution is -2.39. The maximum atomic E-state index is 12.8. The summed E-state index contributed by atoms with van der Waals surface area (Å²) in [6, 6.07) is 0. The molecule has 1 aromatic rings. The van der Waals surface area contributed by atoms with Gasteiger partial charge in [0, 0.05) is 13.2 Å². The van der Waals surface area contributed by atoms with Crippen molar-refractivity contribution in [3.63, 3.8) is 0 Å². The van der Waals surface area contributed by atoms with E-state index < -0.39 is 5.60 Å². The van der Waals surface area contributed by atoms with Crippen molar-refractivity contribution in [1.29, 1.82) is 0 Å². The fraction of sp³-hybridized carbons (Fsp3) is 0.714. The Morgan fingerprint density at radius 1 is 1.42 bits per heavy atom. The summed E-state index contributed by atoms with van der Waals surface area (Å²) in [6.07, 6.45) is 3.10. The van der Waals surface area contributed by atoms with Gasteiger partial charge < -0.3 is 9.47 Å². The summed E-state index contributed by atoms with van der Waals surface area (Å²) < 4.78 is 12.6. The fourth-order valence-electron chi connectivity index (χ4n) is 2.03. The minimum atomic E-state index is -0.826. The molecule has 0 N–H and O–H groups in total. The molecular weight excluding hydrogens is 244 g/mol. The lowest BCUT2D eigenvalue weighted by atomic mass is 9.94. The van der Waals surface area contributed by atoms with Crippen molar-refractivity contribution in [3.8, 4) is 5.75 Å². The molecule has 0 aliphatic rings. The largest absolute Gasteiger partial charge is 0.493 e. The van der Waals surface area contributed by atoms with Crippen molar-refractivity contribution in [2.45, 2.75) is 52.7 Å². The SMILES string of the molecule is CCCn1ncc(OC)c1C(=O)C(C)(CC)OCC. The van der Waals surface area contributed by atoms with E-state index >= 15 is 0 Å². The fourth-order valence-corrected chi connectivity index (χ4v) is 2.03. The number of hydrogen-bond donors (Lipinski definition) is 0. The molecule has 0 aliphatic carbocycles. The normalized spacial score (nSPS) is 14.2. The molecule has 0 bridgehead atoms. The van der Waals surface area contributed by atoms with Crippen LogP contribution in [0.5, 0.6) is 5.75 Å². The van der Waals surface area contributed by atoms with E-state index in [0.29, 0.717) is 31.0 Å². The smallest absolute Gasteiger partial charge is 0.216 e. The molecule has 0 saturated heterocycles. The molecule has 0 aromatic carbocycles. The average molecular weight is 268 g/mol. The summed E-state index contributed by atoms with van der Waals surface area (Å²) in [6.45, 7) is 8.89. The Kier molecular flexibility index (Phi) is 5.54. The second-order valence-electron chi connectivity index (χ2n) is 4.63. The number of aromatic nitrogens is 2. The molecule has 1 unspecified atom stereocenters. The molecule has 5 heteroatoms. The van der Waals surface area contributed by atoms with Crippen molar-refractivity contribution in [3.05, 3.63) is 11.9 Å². The molecule has 1 aromatic heterocycles.